The third-order valence-electron chi connectivity index (χ3n) is 5.83. The molecule has 1 amide bonds. The number of aryl methyl sites for hydroxylation is 1. The van der Waals surface area contributed by atoms with Crippen LogP contribution in [0.5, 0.6) is 5.75 Å². The molecule has 0 spiro atoms. The molecular formula is C23H27NO5. The van der Waals surface area contributed by atoms with Crippen molar-refractivity contribution in [1.82, 2.24) is 4.90 Å². The average Bonchev–Trinajstić information content (AvgIpc) is 2.72. The van der Waals surface area contributed by atoms with E-state index < -0.39 is 5.60 Å². The number of fused-ring (bicyclic) bond motifs is 2. The fraction of sp³-hybridized carbons (Fsp3) is 0.435. The maximum atomic E-state index is 12.9. The Labute approximate surface area is 171 Å². The molecule has 2 aromatic rings. The summed E-state index contributed by atoms with van der Waals surface area (Å²) >= 11 is 0. The summed E-state index contributed by atoms with van der Waals surface area (Å²) in [5.74, 6) is 0.664. The lowest BCUT2D eigenvalue weighted by Gasteiger charge is -2.51. The summed E-state index contributed by atoms with van der Waals surface area (Å²) in [6.45, 7) is 2.99. The van der Waals surface area contributed by atoms with Crippen molar-refractivity contribution >= 4 is 6.09 Å². The van der Waals surface area contributed by atoms with Gasteiger partial charge in [0.25, 0.3) is 0 Å². The summed E-state index contributed by atoms with van der Waals surface area (Å²) in [4.78, 5) is 14.6. The summed E-state index contributed by atoms with van der Waals surface area (Å²) < 4.78 is 16.8. The van der Waals surface area contributed by atoms with Crippen LogP contribution in [-0.4, -0.2) is 48.5 Å². The van der Waals surface area contributed by atoms with Crippen LogP contribution in [0.15, 0.2) is 48.5 Å². The highest BCUT2D eigenvalue weighted by molar-refractivity contribution is 5.69. The van der Waals surface area contributed by atoms with E-state index in [9.17, 15) is 9.90 Å². The molecule has 154 valence electrons. The summed E-state index contributed by atoms with van der Waals surface area (Å²) in [7, 11) is 1.61. The SMILES string of the molecule is COc1ccc(C)cc1C1(O)CC2COCC(C1)N2C(=O)OCc1ccccc1. The highest BCUT2D eigenvalue weighted by Crippen LogP contribution is 2.44. The normalized spacial score (nSPS) is 26.1. The maximum Gasteiger partial charge on any atom is 0.410 e. The molecule has 2 aliphatic rings. The zero-order chi connectivity index (χ0) is 20.4. The van der Waals surface area contributed by atoms with Crippen LogP contribution in [0.2, 0.25) is 0 Å². The fourth-order valence-electron chi connectivity index (χ4n) is 4.47. The number of piperidine rings is 1. The molecule has 0 aromatic heterocycles. The lowest BCUT2D eigenvalue weighted by molar-refractivity contribution is -0.137. The number of ether oxygens (including phenoxy) is 3. The lowest BCUT2D eigenvalue weighted by Crippen LogP contribution is -2.62. The van der Waals surface area contributed by atoms with Gasteiger partial charge in [0.1, 0.15) is 12.4 Å². The first-order valence-electron chi connectivity index (χ1n) is 9.94. The number of hydrogen-bond acceptors (Lipinski definition) is 5. The van der Waals surface area contributed by atoms with E-state index in [1.165, 1.54) is 0 Å². The van der Waals surface area contributed by atoms with E-state index in [0.29, 0.717) is 31.8 Å². The van der Waals surface area contributed by atoms with Crippen LogP contribution < -0.4 is 4.74 Å². The molecule has 2 heterocycles. The zero-order valence-corrected chi connectivity index (χ0v) is 16.8. The predicted octanol–water partition coefficient (Wildman–Crippen LogP) is 3.39. The standard InChI is InChI=1S/C23H27NO5/c1-16-8-9-21(27-2)20(10-16)23(26)11-18-14-28-15-19(12-23)24(18)22(25)29-13-17-6-4-3-5-7-17/h3-10,18-19,26H,11-15H2,1-2H3. The highest BCUT2D eigenvalue weighted by atomic mass is 16.6. The van der Waals surface area contributed by atoms with Gasteiger partial charge in [-0.3, -0.25) is 4.90 Å². The van der Waals surface area contributed by atoms with Gasteiger partial charge in [0.05, 0.1) is 38.0 Å². The molecule has 2 saturated heterocycles. The van der Waals surface area contributed by atoms with E-state index in [4.69, 9.17) is 14.2 Å². The molecule has 29 heavy (non-hydrogen) atoms. The van der Waals surface area contributed by atoms with Crippen molar-refractivity contribution in [2.75, 3.05) is 20.3 Å². The van der Waals surface area contributed by atoms with Crippen molar-refractivity contribution in [1.29, 1.82) is 0 Å². The molecule has 0 aliphatic carbocycles. The van der Waals surface area contributed by atoms with Gasteiger partial charge in [-0.25, -0.2) is 4.79 Å². The summed E-state index contributed by atoms with van der Waals surface area (Å²) in [6.07, 6.45) is 0.401. The van der Waals surface area contributed by atoms with Crippen LogP contribution in [0.3, 0.4) is 0 Å². The number of carbonyl (C=O) groups is 1. The minimum Gasteiger partial charge on any atom is -0.496 e. The Morgan fingerprint density at radius 1 is 1.17 bits per heavy atom. The number of aliphatic hydroxyl groups is 1. The van der Waals surface area contributed by atoms with Gasteiger partial charge in [0.15, 0.2) is 0 Å². The van der Waals surface area contributed by atoms with Gasteiger partial charge in [0.2, 0.25) is 0 Å². The van der Waals surface area contributed by atoms with Crippen molar-refractivity contribution in [2.24, 2.45) is 0 Å². The Kier molecular flexibility index (Phi) is 5.48. The van der Waals surface area contributed by atoms with Crippen LogP contribution in [0.25, 0.3) is 0 Å². The molecule has 2 fully saturated rings. The van der Waals surface area contributed by atoms with Crippen LogP contribution >= 0.6 is 0 Å². The number of benzene rings is 2. The number of nitrogens with zero attached hydrogens (tertiary/aromatic N) is 1. The molecule has 0 saturated carbocycles. The number of rotatable bonds is 4. The molecule has 4 rings (SSSR count). The first kappa shape index (κ1) is 19.7. The molecule has 2 aromatic carbocycles. The van der Waals surface area contributed by atoms with Gasteiger partial charge < -0.3 is 19.3 Å². The Hall–Kier alpha value is -2.57. The van der Waals surface area contributed by atoms with Gasteiger partial charge in [-0.1, -0.05) is 42.0 Å². The third kappa shape index (κ3) is 3.95. The molecule has 6 heteroatoms. The quantitative estimate of drug-likeness (QED) is 0.857. The van der Waals surface area contributed by atoms with Gasteiger partial charge in [0, 0.05) is 18.4 Å². The second-order valence-electron chi connectivity index (χ2n) is 7.94. The zero-order valence-electron chi connectivity index (χ0n) is 16.8. The van der Waals surface area contributed by atoms with Crippen molar-refractivity contribution in [3.63, 3.8) is 0 Å². The van der Waals surface area contributed by atoms with Gasteiger partial charge >= 0.3 is 6.09 Å². The van der Waals surface area contributed by atoms with Crippen LogP contribution in [0.4, 0.5) is 4.79 Å². The van der Waals surface area contributed by atoms with Crippen molar-refractivity contribution < 1.29 is 24.1 Å². The second kappa shape index (κ2) is 8.05. The van der Waals surface area contributed by atoms with E-state index in [-0.39, 0.29) is 24.8 Å². The number of carbonyl (C=O) groups excluding carboxylic acids is 1. The smallest absolute Gasteiger partial charge is 0.410 e. The first-order chi connectivity index (χ1) is 14.0. The largest absolute Gasteiger partial charge is 0.496 e. The number of amides is 1. The van der Waals surface area contributed by atoms with Crippen molar-refractivity contribution in [2.45, 2.75) is 44.1 Å². The van der Waals surface area contributed by atoms with Crippen LogP contribution in [0, 0.1) is 6.92 Å². The Bertz CT molecular complexity index is 855. The van der Waals surface area contributed by atoms with E-state index in [0.717, 1.165) is 16.7 Å². The molecule has 1 N–H and O–H groups in total. The molecule has 6 nitrogen and oxygen atoms in total. The Morgan fingerprint density at radius 3 is 2.52 bits per heavy atom. The number of hydrogen-bond donors (Lipinski definition) is 1. The highest BCUT2D eigenvalue weighted by Gasteiger charge is 2.50. The molecule has 2 atom stereocenters. The number of morpholine rings is 1. The summed E-state index contributed by atoms with van der Waals surface area (Å²) in [5.41, 5.74) is 1.70. The van der Waals surface area contributed by atoms with Gasteiger partial charge in [-0.15, -0.1) is 0 Å². The van der Waals surface area contributed by atoms with Crippen molar-refractivity contribution in [3.8, 4) is 5.75 Å². The van der Waals surface area contributed by atoms with E-state index in [1.807, 2.05) is 55.5 Å². The lowest BCUT2D eigenvalue weighted by atomic mass is 9.76. The van der Waals surface area contributed by atoms with Crippen LogP contribution in [0.1, 0.15) is 29.5 Å². The van der Waals surface area contributed by atoms with E-state index in [2.05, 4.69) is 0 Å². The van der Waals surface area contributed by atoms with E-state index >= 15 is 0 Å². The maximum absolute atomic E-state index is 12.9. The Morgan fingerprint density at radius 2 is 1.86 bits per heavy atom. The van der Waals surface area contributed by atoms with Gasteiger partial charge in [-0.2, -0.15) is 0 Å². The second-order valence-corrected chi connectivity index (χ2v) is 7.94. The average molecular weight is 397 g/mol. The van der Waals surface area contributed by atoms with E-state index in [1.54, 1.807) is 12.0 Å². The molecular weight excluding hydrogens is 370 g/mol. The van der Waals surface area contributed by atoms with Crippen LogP contribution in [-0.2, 0) is 21.7 Å². The summed E-state index contributed by atoms with van der Waals surface area (Å²) in [5, 5.41) is 11.6. The topological polar surface area (TPSA) is 68.2 Å². The predicted molar refractivity (Wildman–Crippen MR) is 108 cm³/mol. The molecule has 2 unspecified atom stereocenters. The molecule has 0 radical (unpaired) electrons. The third-order valence-corrected chi connectivity index (χ3v) is 5.83. The monoisotopic (exact) mass is 397 g/mol. The number of methoxy groups -OCH3 is 1. The van der Waals surface area contributed by atoms with Crippen molar-refractivity contribution in [3.05, 3.63) is 65.2 Å². The molecule has 2 aliphatic heterocycles. The minimum absolute atomic E-state index is 0.229. The molecule has 2 bridgehead atoms. The minimum atomic E-state index is -1.08. The summed E-state index contributed by atoms with van der Waals surface area (Å²) in [6, 6.07) is 14.9. The first-order valence-corrected chi connectivity index (χ1v) is 9.94. The Balaban J connectivity index is 1.53. The fourth-order valence-corrected chi connectivity index (χ4v) is 4.47. The van der Waals surface area contributed by atoms with Gasteiger partial charge in [-0.05, 0) is 24.6 Å².